The Bertz CT molecular complexity index is 569. The maximum absolute atomic E-state index is 5.02. The Balaban J connectivity index is 2.09. The van der Waals surface area contributed by atoms with Gasteiger partial charge in [0.2, 0.25) is 0 Å². The highest BCUT2D eigenvalue weighted by Gasteiger charge is 2.09. The van der Waals surface area contributed by atoms with E-state index >= 15 is 0 Å². The molecule has 1 aromatic carbocycles. The van der Waals surface area contributed by atoms with Gasteiger partial charge in [-0.1, -0.05) is 17.7 Å². The summed E-state index contributed by atoms with van der Waals surface area (Å²) in [6, 6.07) is 4.44. The number of methoxy groups -OCH3 is 1. The predicted molar refractivity (Wildman–Crippen MR) is 83.4 cm³/mol. The molecule has 0 unspecified atom stereocenters. The highest BCUT2D eigenvalue weighted by molar-refractivity contribution is 5.37. The topological polar surface area (TPSA) is 52.0 Å². The van der Waals surface area contributed by atoms with Crippen molar-refractivity contribution in [2.45, 2.75) is 33.9 Å². The van der Waals surface area contributed by atoms with Gasteiger partial charge in [-0.15, -0.1) is 0 Å². The van der Waals surface area contributed by atoms with Gasteiger partial charge in [-0.05, 0) is 37.5 Å². The van der Waals surface area contributed by atoms with Gasteiger partial charge in [0.05, 0.1) is 19.7 Å². The summed E-state index contributed by atoms with van der Waals surface area (Å²) in [5, 5.41) is 7.65. The van der Waals surface area contributed by atoms with E-state index in [9.17, 15) is 0 Å². The van der Waals surface area contributed by atoms with Gasteiger partial charge in [0.15, 0.2) is 0 Å². The van der Waals surface area contributed by atoms with Crippen molar-refractivity contribution in [1.82, 2.24) is 20.1 Å². The van der Waals surface area contributed by atoms with Crippen LogP contribution >= 0.6 is 0 Å². The lowest BCUT2D eigenvalue weighted by atomic mass is 10.00. The molecule has 0 aliphatic heterocycles. The van der Waals surface area contributed by atoms with Gasteiger partial charge in [0.25, 0.3) is 0 Å². The van der Waals surface area contributed by atoms with E-state index in [0.29, 0.717) is 13.2 Å². The third-order valence-electron chi connectivity index (χ3n) is 3.61. The minimum Gasteiger partial charge on any atom is -0.383 e. The van der Waals surface area contributed by atoms with Gasteiger partial charge in [-0.2, -0.15) is 5.10 Å². The van der Waals surface area contributed by atoms with E-state index in [0.717, 1.165) is 18.9 Å². The zero-order valence-electron chi connectivity index (χ0n) is 13.3. The van der Waals surface area contributed by atoms with Gasteiger partial charge in [-0.25, -0.2) is 9.67 Å². The minimum absolute atomic E-state index is 0.699. The van der Waals surface area contributed by atoms with Crippen LogP contribution in [0.3, 0.4) is 0 Å². The Hall–Kier alpha value is -1.72. The van der Waals surface area contributed by atoms with E-state index in [4.69, 9.17) is 4.74 Å². The summed E-state index contributed by atoms with van der Waals surface area (Å²) in [7, 11) is 1.70. The lowest BCUT2D eigenvalue weighted by Gasteiger charge is -2.13. The lowest BCUT2D eigenvalue weighted by molar-refractivity contribution is 0.198. The quantitative estimate of drug-likeness (QED) is 0.792. The fourth-order valence-corrected chi connectivity index (χ4v) is 2.54. The first kappa shape index (κ1) is 15.7. The SMILES string of the molecule is COCCNCc1ncnn1Cc1c(C)cc(C)cc1C. The number of nitrogens with one attached hydrogen (secondary N) is 1. The molecule has 21 heavy (non-hydrogen) atoms. The first-order valence-electron chi connectivity index (χ1n) is 7.25. The molecular weight excluding hydrogens is 264 g/mol. The van der Waals surface area contributed by atoms with Gasteiger partial charge in [0, 0.05) is 13.7 Å². The summed E-state index contributed by atoms with van der Waals surface area (Å²) in [5.74, 6) is 0.950. The van der Waals surface area contributed by atoms with Crippen LogP contribution in [0.25, 0.3) is 0 Å². The number of aromatic nitrogens is 3. The van der Waals surface area contributed by atoms with Crippen molar-refractivity contribution in [1.29, 1.82) is 0 Å². The average Bonchev–Trinajstić information content (AvgIpc) is 2.86. The van der Waals surface area contributed by atoms with Crippen molar-refractivity contribution in [3.05, 3.63) is 46.5 Å². The molecule has 0 atom stereocenters. The fraction of sp³-hybridized carbons (Fsp3) is 0.500. The van der Waals surface area contributed by atoms with Crippen LogP contribution in [0.2, 0.25) is 0 Å². The molecule has 0 spiro atoms. The maximum Gasteiger partial charge on any atom is 0.141 e. The molecule has 0 amide bonds. The highest BCUT2D eigenvalue weighted by atomic mass is 16.5. The second-order valence-electron chi connectivity index (χ2n) is 5.38. The van der Waals surface area contributed by atoms with Crippen LogP contribution in [0.4, 0.5) is 0 Å². The molecule has 0 aliphatic carbocycles. The smallest absolute Gasteiger partial charge is 0.141 e. The Labute approximate surface area is 126 Å². The molecule has 1 N–H and O–H groups in total. The van der Waals surface area contributed by atoms with Crippen molar-refractivity contribution in [3.63, 3.8) is 0 Å². The molecule has 2 rings (SSSR count). The molecule has 0 saturated carbocycles. The average molecular weight is 288 g/mol. The number of nitrogens with zero attached hydrogens (tertiary/aromatic N) is 3. The normalized spacial score (nSPS) is 11.0. The molecular formula is C16H24N4O. The number of hydrogen-bond donors (Lipinski definition) is 1. The number of rotatable bonds is 7. The molecule has 0 saturated heterocycles. The van der Waals surface area contributed by atoms with Crippen LogP contribution in [0.5, 0.6) is 0 Å². The van der Waals surface area contributed by atoms with Crippen molar-refractivity contribution in [2.75, 3.05) is 20.3 Å². The maximum atomic E-state index is 5.02. The van der Waals surface area contributed by atoms with Crippen LogP contribution in [0, 0.1) is 20.8 Å². The van der Waals surface area contributed by atoms with E-state index in [-0.39, 0.29) is 0 Å². The molecule has 0 bridgehead atoms. The Morgan fingerprint density at radius 2 is 1.90 bits per heavy atom. The van der Waals surface area contributed by atoms with Crippen LogP contribution in [0.15, 0.2) is 18.5 Å². The predicted octanol–water partition coefficient (Wildman–Crippen LogP) is 1.99. The Kier molecular flexibility index (Phi) is 5.47. The Morgan fingerprint density at radius 1 is 1.19 bits per heavy atom. The van der Waals surface area contributed by atoms with Crippen molar-refractivity contribution in [3.8, 4) is 0 Å². The summed E-state index contributed by atoms with van der Waals surface area (Å²) in [5.41, 5.74) is 5.24. The van der Waals surface area contributed by atoms with E-state index < -0.39 is 0 Å². The monoisotopic (exact) mass is 288 g/mol. The van der Waals surface area contributed by atoms with E-state index in [1.165, 1.54) is 22.3 Å². The standard InChI is InChI=1S/C16H24N4O/c1-12-7-13(2)15(14(3)8-12)10-20-16(18-11-19-20)9-17-5-6-21-4/h7-8,11,17H,5-6,9-10H2,1-4H3. The molecule has 0 radical (unpaired) electrons. The number of hydrogen-bond acceptors (Lipinski definition) is 4. The molecule has 5 heteroatoms. The van der Waals surface area contributed by atoms with Crippen molar-refractivity contribution >= 4 is 0 Å². The second-order valence-corrected chi connectivity index (χ2v) is 5.38. The number of ether oxygens (including phenoxy) is 1. The van der Waals surface area contributed by atoms with Crippen molar-refractivity contribution < 1.29 is 4.74 Å². The number of aryl methyl sites for hydroxylation is 3. The minimum atomic E-state index is 0.699. The lowest BCUT2D eigenvalue weighted by Crippen LogP contribution is -2.22. The zero-order valence-corrected chi connectivity index (χ0v) is 13.3. The summed E-state index contributed by atoms with van der Waals surface area (Å²) in [4.78, 5) is 4.34. The summed E-state index contributed by atoms with van der Waals surface area (Å²) in [6.07, 6.45) is 1.62. The molecule has 0 fully saturated rings. The Morgan fingerprint density at radius 3 is 2.57 bits per heavy atom. The van der Waals surface area contributed by atoms with Crippen molar-refractivity contribution in [2.24, 2.45) is 0 Å². The van der Waals surface area contributed by atoms with E-state index in [1.807, 2.05) is 4.68 Å². The van der Waals surface area contributed by atoms with E-state index in [1.54, 1.807) is 13.4 Å². The molecule has 5 nitrogen and oxygen atoms in total. The first-order chi connectivity index (χ1) is 10.1. The second kappa shape index (κ2) is 7.33. The first-order valence-corrected chi connectivity index (χ1v) is 7.25. The third-order valence-corrected chi connectivity index (χ3v) is 3.61. The molecule has 0 aliphatic rings. The summed E-state index contributed by atoms with van der Waals surface area (Å²) >= 11 is 0. The van der Waals surface area contributed by atoms with Gasteiger partial charge >= 0.3 is 0 Å². The van der Waals surface area contributed by atoms with Gasteiger partial charge in [-0.3, -0.25) is 0 Å². The summed E-state index contributed by atoms with van der Waals surface area (Å²) in [6.45, 7) is 9.42. The molecule has 2 aromatic rings. The van der Waals surface area contributed by atoms with Gasteiger partial charge in [0.1, 0.15) is 12.2 Å². The van der Waals surface area contributed by atoms with Crippen LogP contribution in [-0.4, -0.2) is 35.0 Å². The largest absolute Gasteiger partial charge is 0.383 e. The number of benzene rings is 1. The van der Waals surface area contributed by atoms with Crippen LogP contribution in [-0.2, 0) is 17.8 Å². The summed E-state index contributed by atoms with van der Waals surface area (Å²) < 4.78 is 6.99. The molecule has 114 valence electrons. The fourth-order valence-electron chi connectivity index (χ4n) is 2.54. The van der Waals surface area contributed by atoms with Gasteiger partial charge < -0.3 is 10.1 Å². The molecule has 1 aromatic heterocycles. The van der Waals surface area contributed by atoms with E-state index in [2.05, 4.69) is 48.3 Å². The van der Waals surface area contributed by atoms with Crippen LogP contribution < -0.4 is 5.32 Å². The zero-order chi connectivity index (χ0) is 15.2. The highest BCUT2D eigenvalue weighted by Crippen LogP contribution is 2.17. The molecule has 1 heterocycles. The van der Waals surface area contributed by atoms with Crippen LogP contribution in [0.1, 0.15) is 28.1 Å². The third kappa shape index (κ3) is 4.12.